The summed E-state index contributed by atoms with van der Waals surface area (Å²) in [4.78, 5) is 41.0. The van der Waals surface area contributed by atoms with Gasteiger partial charge in [-0.25, -0.2) is 9.99 Å². The van der Waals surface area contributed by atoms with E-state index in [1.165, 1.54) is 23.5 Å². The molecule has 2 aromatic rings. The zero-order chi connectivity index (χ0) is 16.4. The molecule has 1 aromatic heterocycles. The molecule has 0 N–H and O–H groups in total. The average Bonchev–Trinajstić information content (AvgIpc) is 2.49. The first-order chi connectivity index (χ1) is 10.4. The number of rotatable bonds is 4. The highest BCUT2D eigenvalue weighted by atomic mass is 16.2. The number of hydrogen-bond donors (Lipinski definition) is 0. The number of fused-ring (bicyclic) bond motifs is 1. The summed E-state index contributed by atoms with van der Waals surface area (Å²) in [6, 6.07) is 6.24. The fourth-order valence-electron chi connectivity index (χ4n) is 2.38. The van der Waals surface area contributed by atoms with Crippen molar-refractivity contribution < 1.29 is 9.59 Å². The Morgan fingerprint density at radius 2 is 1.91 bits per heavy atom. The Morgan fingerprint density at radius 3 is 2.45 bits per heavy atom. The summed E-state index contributed by atoms with van der Waals surface area (Å²) < 4.78 is 1.23. The Labute approximate surface area is 128 Å². The van der Waals surface area contributed by atoms with Gasteiger partial charge in [0, 0.05) is 13.3 Å². The lowest BCUT2D eigenvalue weighted by Gasteiger charge is -2.29. The number of benzene rings is 1. The largest absolute Gasteiger partial charge is 0.298 e. The molecule has 0 saturated heterocycles. The van der Waals surface area contributed by atoms with E-state index in [9.17, 15) is 14.4 Å². The summed E-state index contributed by atoms with van der Waals surface area (Å²) in [5, 5.41) is 1.60. The van der Waals surface area contributed by atoms with Crippen LogP contribution in [0.5, 0.6) is 0 Å². The Hall–Kier alpha value is -2.50. The van der Waals surface area contributed by atoms with Crippen LogP contribution in [0.25, 0.3) is 10.9 Å². The third kappa shape index (κ3) is 2.64. The normalized spacial score (nSPS) is 12.2. The van der Waals surface area contributed by atoms with E-state index in [1.54, 1.807) is 31.2 Å². The Balaban J connectivity index is 2.81. The maximum Gasteiger partial charge on any atom is 0.280 e. The maximum absolute atomic E-state index is 12.8. The molecule has 2 rings (SSSR count). The van der Waals surface area contributed by atoms with Crippen molar-refractivity contribution in [1.82, 2.24) is 9.66 Å². The molecule has 0 aliphatic carbocycles. The summed E-state index contributed by atoms with van der Waals surface area (Å²) >= 11 is 0. The maximum atomic E-state index is 12.8. The molecule has 1 heterocycles. The zero-order valence-corrected chi connectivity index (χ0v) is 13.2. The molecule has 1 atom stereocenters. The number of Topliss-reactive ketones (excluding diaryl/α,β-unsaturated/α-hetero) is 1. The smallest absolute Gasteiger partial charge is 0.280 e. The number of nitrogens with zero attached hydrogens (tertiary/aromatic N) is 3. The third-order valence-corrected chi connectivity index (χ3v) is 3.63. The van der Waals surface area contributed by atoms with E-state index >= 15 is 0 Å². The number of aryl methyl sites for hydroxylation is 1. The van der Waals surface area contributed by atoms with Crippen LogP contribution in [0.4, 0.5) is 0 Å². The molecule has 0 saturated carbocycles. The van der Waals surface area contributed by atoms with E-state index in [-0.39, 0.29) is 17.2 Å². The summed E-state index contributed by atoms with van der Waals surface area (Å²) in [5.74, 6) is -0.124. The van der Waals surface area contributed by atoms with Crippen LogP contribution in [0.15, 0.2) is 29.1 Å². The van der Waals surface area contributed by atoms with Crippen molar-refractivity contribution in [2.24, 2.45) is 0 Å². The van der Waals surface area contributed by atoms with Crippen molar-refractivity contribution in [2.45, 2.75) is 40.2 Å². The van der Waals surface area contributed by atoms with Crippen molar-refractivity contribution >= 4 is 22.6 Å². The Morgan fingerprint density at radius 1 is 1.27 bits per heavy atom. The SMILES string of the molecule is CCc1nc2ccccc2c(=O)n1N(C(C)=O)[C@H](C)C(C)=O. The molecular formula is C16H19N3O3. The van der Waals surface area contributed by atoms with Gasteiger partial charge in [0.05, 0.1) is 10.9 Å². The molecule has 22 heavy (non-hydrogen) atoms. The number of hydrogen-bond acceptors (Lipinski definition) is 4. The number of aromatic nitrogens is 2. The standard InChI is InChI=1S/C16H19N3O3/c1-5-15-17-14-9-7-6-8-13(14)16(22)19(15)18(12(4)21)10(2)11(3)20/h6-10H,5H2,1-4H3/t10-/m1/s1. The molecular weight excluding hydrogens is 282 g/mol. The van der Waals surface area contributed by atoms with Crippen molar-refractivity contribution in [2.75, 3.05) is 5.01 Å². The van der Waals surface area contributed by atoms with Crippen molar-refractivity contribution in [3.8, 4) is 0 Å². The predicted molar refractivity (Wildman–Crippen MR) is 84.4 cm³/mol. The first kappa shape index (κ1) is 15.9. The fraction of sp³-hybridized carbons (Fsp3) is 0.375. The summed E-state index contributed by atoms with van der Waals surface area (Å²) in [5.41, 5.74) is 0.241. The highest BCUT2D eigenvalue weighted by Crippen LogP contribution is 2.10. The van der Waals surface area contributed by atoms with Crippen molar-refractivity contribution in [1.29, 1.82) is 0 Å². The van der Waals surface area contributed by atoms with Gasteiger partial charge in [0.15, 0.2) is 5.78 Å². The van der Waals surface area contributed by atoms with Gasteiger partial charge in [-0.15, -0.1) is 0 Å². The summed E-state index contributed by atoms with van der Waals surface area (Å²) in [6.45, 7) is 6.18. The lowest BCUT2D eigenvalue weighted by molar-refractivity contribution is -0.124. The second-order valence-corrected chi connectivity index (χ2v) is 5.17. The minimum absolute atomic E-state index is 0.197. The third-order valence-electron chi connectivity index (χ3n) is 3.63. The first-order valence-corrected chi connectivity index (χ1v) is 7.19. The van der Waals surface area contributed by atoms with E-state index < -0.39 is 6.04 Å². The minimum Gasteiger partial charge on any atom is -0.298 e. The Kier molecular flexibility index (Phi) is 4.40. The highest BCUT2D eigenvalue weighted by molar-refractivity contribution is 5.94. The second kappa shape index (κ2) is 6.09. The molecule has 6 heteroatoms. The molecule has 0 aliphatic rings. The molecule has 0 bridgehead atoms. The molecule has 1 aromatic carbocycles. The molecule has 6 nitrogen and oxygen atoms in total. The van der Waals surface area contributed by atoms with Crippen LogP contribution < -0.4 is 10.6 Å². The van der Waals surface area contributed by atoms with Crippen LogP contribution in [0.3, 0.4) is 0 Å². The van der Waals surface area contributed by atoms with E-state index in [0.29, 0.717) is 23.1 Å². The molecule has 0 aliphatic heterocycles. The number of para-hydroxylation sites is 1. The van der Waals surface area contributed by atoms with Crippen LogP contribution in [0, 0.1) is 0 Å². The van der Waals surface area contributed by atoms with Gasteiger partial charge in [0.1, 0.15) is 11.9 Å². The molecule has 0 fully saturated rings. The van der Waals surface area contributed by atoms with E-state index in [4.69, 9.17) is 0 Å². The number of amides is 1. The van der Waals surface area contributed by atoms with E-state index in [1.807, 2.05) is 6.92 Å². The monoisotopic (exact) mass is 301 g/mol. The lowest BCUT2D eigenvalue weighted by Crippen LogP contribution is -2.54. The predicted octanol–water partition coefficient (Wildman–Crippen LogP) is 1.42. The zero-order valence-electron chi connectivity index (χ0n) is 13.2. The second-order valence-electron chi connectivity index (χ2n) is 5.17. The number of carbonyl (C=O) groups excluding carboxylic acids is 2. The highest BCUT2D eigenvalue weighted by Gasteiger charge is 2.26. The van der Waals surface area contributed by atoms with Gasteiger partial charge in [-0.1, -0.05) is 19.1 Å². The lowest BCUT2D eigenvalue weighted by atomic mass is 10.2. The van der Waals surface area contributed by atoms with Gasteiger partial charge in [-0.05, 0) is 26.0 Å². The van der Waals surface area contributed by atoms with Crippen molar-refractivity contribution in [3.05, 3.63) is 40.4 Å². The van der Waals surface area contributed by atoms with Gasteiger partial charge in [0.25, 0.3) is 5.56 Å². The first-order valence-electron chi connectivity index (χ1n) is 7.19. The van der Waals surface area contributed by atoms with Crippen molar-refractivity contribution in [3.63, 3.8) is 0 Å². The summed E-state index contributed by atoms with van der Waals surface area (Å²) in [7, 11) is 0. The van der Waals surface area contributed by atoms with Gasteiger partial charge in [-0.2, -0.15) is 4.68 Å². The van der Waals surface area contributed by atoms with Crippen LogP contribution in [-0.4, -0.2) is 27.4 Å². The molecule has 0 radical (unpaired) electrons. The van der Waals surface area contributed by atoms with Crippen LogP contribution >= 0.6 is 0 Å². The topological polar surface area (TPSA) is 72.3 Å². The molecule has 116 valence electrons. The molecule has 1 amide bonds. The van der Waals surface area contributed by atoms with E-state index in [0.717, 1.165) is 0 Å². The average molecular weight is 301 g/mol. The van der Waals surface area contributed by atoms with Crippen LogP contribution in [0.2, 0.25) is 0 Å². The Bertz CT molecular complexity index is 795. The molecule has 0 unspecified atom stereocenters. The van der Waals surface area contributed by atoms with Gasteiger partial charge in [-0.3, -0.25) is 14.4 Å². The summed E-state index contributed by atoms with van der Waals surface area (Å²) in [6.07, 6.45) is 0.467. The van der Waals surface area contributed by atoms with Gasteiger partial charge in [0.2, 0.25) is 5.91 Å². The molecule has 0 spiro atoms. The van der Waals surface area contributed by atoms with E-state index in [2.05, 4.69) is 4.98 Å². The van der Waals surface area contributed by atoms with Crippen LogP contribution in [0.1, 0.15) is 33.5 Å². The fourth-order valence-corrected chi connectivity index (χ4v) is 2.38. The number of carbonyl (C=O) groups is 2. The number of ketones is 1. The van der Waals surface area contributed by atoms with Gasteiger partial charge >= 0.3 is 0 Å². The minimum atomic E-state index is -0.733. The quantitative estimate of drug-likeness (QED) is 0.856. The van der Waals surface area contributed by atoms with Crippen LogP contribution in [-0.2, 0) is 16.0 Å². The van der Waals surface area contributed by atoms with Gasteiger partial charge < -0.3 is 0 Å².